The average Bonchev–Trinajstić information content (AvgIpc) is 2.71. The van der Waals surface area contributed by atoms with Crippen molar-refractivity contribution in [1.29, 1.82) is 0 Å². The van der Waals surface area contributed by atoms with Gasteiger partial charge in [0.15, 0.2) is 11.5 Å². The highest BCUT2D eigenvalue weighted by Crippen LogP contribution is 2.22. The minimum atomic E-state index is -0.605. The van der Waals surface area contributed by atoms with Crippen molar-refractivity contribution in [2.45, 2.75) is 25.8 Å². The van der Waals surface area contributed by atoms with Crippen molar-refractivity contribution in [3.8, 4) is 0 Å². The fraction of sp³-hybridized carbons (Fsp3) is 0.462. The van der Waals surface area contributed by atoms with E-state index < -0.39 is 10.8 Å². The van der Waals surface area contributed by atoms with E-state index in [-0.39, 0.29) is 0 Å². The van der Waals surface area contributed by atoms with E-state index in [2.05, 4.69) is 10.3 Å². The number of oxazole rings is 1. The molecule has 4 nitrogen and oxygen atoms in total. The fourth-order valence-electron chi connectivity index (χ4n) is 2.31. The Balaban J connectivity index is 1.76. The van der Waals surface area contributed by atoms with Crippen molar-refractivity contribution in [1.82, 2.24) is 4.98 Å². The number of fused-ring (bicyclic) bond motifs is 1. The van der Waals surface area contributed by atoms with E-state index in [0.717, 1.165) is 41.1 Å². The summed E-state index contributed by atoms with van der Waals surface area (Å²) in [6.45, 7) is 1.85. The second-order valence-electron chi connectivity index (χ2n) is 4.68. The highest BCUT2D eigenvalue weighted by Gasteiger charge is 2.17. The molecule has 1 fully saturated rings. The van der Waals surface area contributed by atoms with Crippen LogP contribution in [0.4, 0.5) is 5.69 Å². The van der Waals surface area contributed by atoms with Gasteiger partial charge in [0.2, 0.25) is 0 Å². The Labute approximate surface area is 108 Å². The third kappa shape index (κ3) is 2.41. The number of benzene rings is 1. The van der Waals surface area contributed by atoms with Crippen LogP contribution in [-0.4, -0.2) is 26.7 Å². The number of nitrogens with zero attached hydrogens (tertiary/aromatic N) is 1. The SMILES string of the molecule is Cc1nc2cc(NC3CCS(=O)CC3)ccc2o1. The summed E-state index contributed by atoms with van der Waals surface area (Å²) in [5, 5.41) is 3.49. The van der Waals surface area contributed by atoms with Crippen LogP contribution in [0, 0.1) is 6.92 Å². The van der Waals surface area contributed by atoms with Gasteiger partial charge in [0.1, 0.15) is 5.52 Å². The molecule has 18 heavy (non-hydrogen) atoms. The topological polar surface area (TPSA) is 55.1 Å². The summed E-state index contributed by atoms with van der Waals surface area (Å²) in [5.74, 6) is 2.31. The Morgan fingerprint density at radius 3 is 2.94 bits per heavy atom. The van der Waals surface area contributed by atoms with Crippen LogP contribution < -0.4 is 5.32 Å². The lowest BCUT2D eigenvalue weighted by Crippen LogP contribution is -2.29. The Hall–Kier alpha value is -1.36. The predicted molar refractivity (Wildman–Crippen MR) is 73.3 cm³/mol. The Bertz CT molecular complexity index is 584. The maximum absolute atomic E-state index is 11.3. The van der Waals surface area contributed by atoms with Crippen molar-refractivity contribution in [3.63, 3.8) is 0 Å². The molecule has 2 aromatic rings. The van der Waals surface area contributed by atoms with Crippen LogP contribution in [0.5, 0.6) is 0 Å². The normalized spacial score (nSPS) is 24.3. The summed E-state index contributed by atoms with van der Waals surface area (Å²) in [4.78, 5) is 4.32. The van der Waals surface area contributed by atoms with Crippen LogP contribution in [0.1, 0.15) is 18.7 Å². The molecule has 1 saturated heterocycles. The van der Waals surface area contributed by atoms with Crippen molar-refractivity contribution in [2.24, 2.45) is 0 Å². The third-order valence-electron chi connectivity index (χ3n) is 3.25. The molecular weight excluding hydrogens is 248 g/mol. The summed E-state index contributed by atoms with van der Waals surface area (Å²) in [6, 6.07) is 6.39. The molecular formula is C13H16N2O2S. The van der Waals surface area contributed by atoms with E-state index >= 15 is 0 Å². The predicted octanol–water partition coefficient (Wildman–Crippen LogP) is 2.46. The van der Waals surface area contributed by atoms with Crippen LogP contribution in [0.3, 0.4) is 0 Å². The van der Waals surface area contributed by atoms with Gasteiger partial charge in [0, 0.05) is 41.0 Å². The highest BCUT2D eigenvalue weighted by molar-refractivity contribution is 7.85. The monoisotopic (exact) mass is 264 g/mol. The van der Waals surface area contributed by atoms with Gasteiger partial charge in [-0.25, -0.2) is 4.98 Å². The molecule has 1 aromatic heterocycles. The standard InChI is InChI=1S/C13H16N2O2S/c1-9-14-12-8-11(2-3-13(12)17-9)15-10-4-6-18(16)7-5-10/h2-3,8,10,15H,4-7H2,1H3. The number of nitrogens with one attached hydrogen (secondary N) is 1. The molecule has 1 aromatic carbocycles. The van der Waals surface area contributed by atoms with E-state index in [4.69, 9.17) is 4.42 Å². The summed E-state index contributed by atoms with van der Waals surface area (Å²) in [6.07, 6.45) is 1.95. The first kappa shape index (κ1) is 11.7. The molecule has 0 spiro atoms. The molecule has 5 heteroatoms. The largest absolute Gasteiger partial charge is 0.441 e. The molecule has 0 unspecified atom stereocenters. The van der Waals surface area contributed by atoms with Crippen molar-refractivity contribution < 1.29 is 8.63 Å². The Morgan fingerprint density at radius 1 is 1.39 bits per heavy atom. The maximum atomic E-state index is 11.3. The number of rotatable bonds is 2. The molecule has 1 N–H and O–H groups in total. The number of hydrogen-bond donors (Lipinski definition) is 1. The van der Waals surface area contributed by atoms with Gasteiger partial charge in [-0.15, -0.1) is 0 Å². The fourth-order valence-corrected chi connectivity index (χ4v) is 3.61. The third-order valence-corrected chi connectivity index (χ3v) is 4.64. The van der Waals surface area contributed by atoms with Crippen LogP contribution in [0.2, 0.25) is 0 Å². The zero-order valence-corrected chi connectivity index (χ0v) is 11.1. The molecule has 0 atom stereocenters. The minimum absolute atomic E-state index is 0.424. The average molecular weight is 264 g/mol. The van der Waals surface area contributed by atoms with Crippen molar-refractivity contribution in [2.75, 3.05) is 16.8 Å². The van der Waals surface area contributed by atoms with Crippen molar-refractivity contribution in [3.05, 3.63) is 24.1 Å². The van der Waals surface area contributed by atoms with Gasteiger partial charge >= 0.3 is 0 Å². The van der Waals surface area contributed by atoms with Crippen LogP contribution in [0.25, 0.3) is 11.1 Å². The highest BCUT2D eigenvalue weighted by atomic mass is 32.2. The van der Waals surface area contributed by atoms with Gasteiger partial charge in [-0.3, -0.25) is 4.21 Å². The smallest absolute Gasteiger partial charge is 0.192 e. The number of aromatic nitrogens is 1. The molecule has 3 rings (SSSR count). The summed E-state index contributed by atoms with van der Waals surface area (Å²) >= 11 is 0. The second-order valence-corrected chi connectivity index (χ2v) is 6.38. The first-order valence-corrected chi connectivity index (χ1v) is 7.68. The van der Waals surface area contributed by atoms with Gasteiger partial charge in [-0.05, 0) is 31.0 Å². The minimum Gasteiger partial charge on any atom is -0.441 e. The first-order valence-electron chi connectivity index (χ1n) is 6.19. The molecule has 0 amide bonds. The van der Waals surface area contributed by atoms with E-state index in [0.29, 0.717) is 11.9 Å². The van der Waals surface area contributed by atoms with Gasteiger partial charge < -0.3 is 9.73 Å². The zero-order valence-electron chi connectivity index (χ0n) is 10.3. The molecule has 1 aliphatic heterocycles. The quantitative estimate of drug-likeness (QED) is 0.905. The first-order chi connectivity index (χ1) is 8.70. The summed E-state index contributed by atoms with van der Waals surface area (Å²) in [7, 11) is -0.605. The molecule has 2 heterocycles. The second kappa shape index (κ2) is 4.72. The maximum Gasteiger partial charge on any atom is 0.192 e. The van der Waals surface area contributed by atoms with Crippen molar-refractivity contribution >= 4 is 27.6 Å². The van der Waals surface area contributed by atoms with E-state index in [1.54, 1.807) is 0 Å². The molecule has 0 radical (unpaired) electrons. The van der Waals surface area contributed by atoms with Gasteiger partial charge in [-0.1, -0.05) is 0 Å². The zero-order chi connectivity index (χ0) is 12.5. The number of aryl methyl sites for hydroxylation is 1. The molecule has 1 aliphatic rings. The molecule has 0 saturated carbocycles. The summed E-state index contributed by atoms with van der Waals surface area (Å²) < 4.78 is 16.7. The van der Waals surface area contributed by atoms with Gasteiger partial charge in [-0.2, -0.15) is 0 Å². The number of hydrogen-bond acceptors (Lipinski definition) is 4. The van der Waals surface area contributed by atoms with Gasteiger partial charge in [0.25, 0.3) is 0 Å². The number of anilines is 1. The van der Waals surface area contributed by atoms with Gasteiger partial charge in [0.05, 0.1) is 0 Å². The summed E-state index contributed by atoms with van der Waals surface area (Å²) in [5.41, 5.74) is 2.77. The van der Waals surface area contributed by atoms with Crippen LogP contribution >= 0.6 is 0 Å². The van der Waals surface area contributed by atoms with E-state index in [1.807, 2.05) is 25.1 Å². The van der Waals surface area contributed by atoms with E-state index in [9.17, 15) is 4.21 Å². The van der Waals surface area contributed by atoms with Crippen LogP contribution in [-0.2, 0) is 10.8 Å². The molecule has 96 valence electrons. The van der Waals surface area contributed by atoms with Crippen LogP contribution in [0.15, 0.2) is 22.6 Å². The molecule has 0 aliphatic carbocycles. The Morgan fingerprint density at radius 2 is 2.17 bits per heavy atom. The lowest BCUT2D eigenvalue weighted by atomic mass is 10.1. The lowest BCUT2D eigenvalue weighted by Gasteiger charge is -2.23. The Kier molecular flexibility index (Phi) is 3.07. The van der Waals surface area contributed by atoms with E-state index in [1.165, 1.54) is 0 Å². The molecule has 0 bridgehead atoms. The lowest BCUT2D eigenvalue weighted by molar-refractivity contribution is 0.561.